The van der Waals surface area contributed by atoms with Crippen molar-refractivity contribution in [2.24, 2.45) is 0 Å². The van der Waals surface area contributed by atoms with Crippen LogP contribution < -0.4 is 9.80 Å². The fraction of sp³-hybridized carbons (Fsp3) is 0.267. The van der Waals surface area contributed by atoms with E-state index in [4.69, 9.17) is 9.40 Å². The maximum atomic E-state index is 12.0. The Balaban J connectivity index is 1.28. The molecule has 0 saturated carbocycles. The zero-order chi connectivity index (χ0) is 35.6. The molecule has 0 aliphatic carbocycles. The summed E-state index contributed by atoms with van der Waals surface area (Å²) in [6.45, 7) is 18.4. The van der Waals surface area contributed by atoms with Gasteiger partial charge in [-0.15, -0.1) is 11.3 Å². The predicted octanol–water partition coefficient (Wildman–Crippen LogP) is 12.7. The van der Waals surface area contributed by atoms with E-state index in [1.165, 1.54) is 15.0 Å². The minimum absolute atomic E-state index is 0.0916. The summed E-state index contributed by atoms with van der Waals surface area (Å²) >= 11 is 1.80. The predicted molar refractivity (Wildman–Crippen MR) is 216 cm³/mol. The molecule has 5 aromatic carbocycles. The van der Waals surface area contributed by atoms with Crippen LogP contribution in [0.25, 0.3) is 53.1 Å². The highest BCUT2D eigenvalue weighted by molar-refractivity contribution is 7.26. The number of phenolic OH excluding ortho intramolecular Hbond substituents is 1. The first-order valence-electron chi connectivity index (χ1n) is 17.8. The Morgan fingerprint density at radius 3 is 2.18 bits per heavy atom. The van der Waals surface area contributed by atoms with E-state index in [0.29, 0.717) is 12.4 Å². The molecule has 9 rings (SSSR count). The molecule has 0 radical (unpaired) electrons. The lowest BCUT2D eigenvalue weighted by atomic mass is 9.79. The number of hydrogen-bond donors (Lipinski definition) is 1. The Morgan fingerprint density at radius 1 is 0.706 bits per heavy atom. The van der Waals surface area contributed by atoms with Crippen molar-refractivity contribution in [2.75, 3.05) is 16.5 Å². The minimum Gasteiger partial charge on any atom is -0.505 e. The highest BCUT2D eigenvalue weighted by Gasteiger charge is 2.41. The zero-order valence-corrected chi connectivity index (χ0v) is 31.4. The Kier molecular flexibility index (Phi) is 6.70. The van der Waals surface area contributed by atoms with Crippen LogP contribution in [0.3, 0.4) is 0 Å². The number of pyridine rings is 1. The quantitative estimate of drug-likeness (QED) is 0.200. The molecule has 256 valence electrons. The van der Waals surface area contributed by atoms with E-state index in [-0.39, 0.29) is 10.8 Å². The van der Waals surface area contributed by atoms with Crippen molar-refractivity contribution in [3.63, 3.8) is 0 Å². The molecule has 1 aliphatic rings. The number of aromatic hydroxyl groups is 1. The molecule has 1 aliphatic heterocycles. The van der Waals surface area contributed by atoms with Crippen molar-refractivity contribution in [1.29, 1.82) is 0 Å². The van der Waals surface area contributed by atoms with Gasteiger partial charge in [0.25, 0.3) is 0 Å². The molecule has 8 aromatic rings. The summed E-state index contributed by atoms with van der Waals surface area (Å²) in [7, 11) is 0. The van der Waals surface area contributed by atoms with E-state index in [1.54, 1.807) is 11.3 Å². The Labute approximate surface area is 302 Å². The highest BCUT2D eigenvalue weighted by Crippen LogP contribution is 2.53. The first kappa shape index (κ1) is 31.9. The molecule has 1 N–H and O–H groups in total. The van der Waals surface area contributed by atoms with Crippen LogP contribution in [0, 0.1) is 0 Å². The Morgan fingerprint density at radius 2 is 1.41 bits per heavy atom. The standard InChI is InChI=1S/C45H43N3O2S/c1-43(2,3)27-22-30(44(4,5)6)40(49)35(23-27)47-25-48(34-19-13-12-18-33(34)47)45(7,8)31-24-29-39-37(21-26-15-9-11-17-32(26)46-39)51-42(29)38-28-16-10-14-20-36(28)50-41(31)38/h9-24,49H,25H2,1-8H3. The van der Waals surface area contributed by atoms with Crippen molar-refractivity contribution in [1.82, 2.24) is 4.98 Å². The minimum atomic E-state index is -0.527. The number of furan rings is 1. The molecule has 4 heterocycles. The average Bonchev–Trinajstić information content (AvgIpc) is 3.77. The van der Waals surface area contributed by atoms with Crippen molar-refractivity contribution in [3.05, 3.63) is 114 Å². The fourth-order valence-corrected chi connectivity index (χ4v) is 9.19. The summed E-state index contributed by atoms with van der Waals surface area (Å²) in [6, 6.07) is 34.3. The van der Waals surface area contributed by atoms with Gasteiger partial charge in [0, 0.05) is 37.4 Å². The number of phenols is 1. The van der Waals surface area contributed by atoms with Crippen molar-refractivity contribution in [2.45, 2.75) is 71.8 Å². The van der Waals surface area contributed by atoms with Gasteiger partial charge in [-0.25, -0.2) is 4.98 Å². The van der Waals surface area contributed by atoms with Crippen molar-refractivity contribution < 1.29 is 9.52 Å². The van der Waals surface area contributed by atoms with Crippen LogP contribution in [-0.2, 0) is 16.4 Å². The summed E-state index contributed by atoms with van der Waals surface area (Å²) in [5, 5.41) is 16.6. The largest absolute Gasteiger partial charge is 0.505 e. The van der Waals surface area contributed by atoms with Gasteiger partial charge in [0.05, 0.1) is 45.0 Å². The number of para-hydroxylation sites is 4. The van der Waals surface area contributed by atoms with Gasteiger partial charge in [-0.1, -0.05) is 96.1 Å². The molecule has 0 atom stereocenters. The van der Waals surface area contributed by atoms with Crippen LogP contribution in [0.4, 0.5) is 17.1 Å². The van der Waals surface area contributed by atoms with Gasteiger partial charge in [-0.2, -0.15) is 0 Å². The third-order valence-electron chi connectivity index (χ3n) is 10.9. The molecule has 0 fully saturated rings. The van der Waals surface area contributed by atoms with Crippen LogP contribution in [0.1, 0.15) is 72.1 Å². The third-order valence-corrected chi connectivity index (χ3v) is 12.1. The molecule has 0 bridgehead atoms. The van der Waals surface area contributed by atoms with E-state index in [1.807, 2.05) is 6.07 Å². The Bertz CT molecular complexity index is 2700. The second-order valence-corrected chi connectivity index (χ2v) is 17.7. The van der Waals surface area contributed by atoms with Crippen LogP contribution in [-0.4, -0.2) is 16.8 Å². The maximum absolute atomic E-state index is 12.0. The second-order valence-electron chi connectivity index (χ2n) is 16.7. The first-order valence-corrected chi connectivity index (χ1v) is 18.6. The van der Waals surface area contributed by atoms with Crippen LogP contribution in [0.15, 0.2) is 101 Å². The number of nitrogens with zero attached hydrogens (tertiary/aromatic N) is 3. The summed E-state index contributed by atoms with van der Waals surface area (Å²) in [5.41, 5.74) is 9.26. The Hall–Kier alpha value is -5.07. The molecule has 51 heavy (non-hydrogen) atoms. The number of aromatic nitrogens is 1. The lowest BCUT2D eigenvalue weighted by Gasteiger charge is -2.38. The summed E-state index contributed by atoms with van der Waals surface area (Å²) in [4.78, 5) is 10.00. The number of anilines is 3. The summed E-state index contributed by atoms with van der Waals surface area (Å²) < 4.78 is 9.22. The smallest absolute Gasteiger partial charge is 0.143 e. The van der Waals surface area contributed by atoms with Gasteiger partial charge >= 0.3 is 0 Å². The molecule has 5 nitrogen and oxygen atoms in total. The van der Waals surface area contributed by atoms with Crippen molar-refractivity contribution >= 4 is 81.5 Å². The summed E-state index contributed by atoms with van der Waals surface area (Å²) in [6.07, 6.45) is 0. The van der Waals surface area contributed by atoms with Crippen LogP contribution in [0.5, 0.6) is 5.75 Å². The number of rotatable bonds is 3. The molecule has 6 heteroatoms. The van der Waals surface area contributed by atoms with Gasteiger partial charge in [0.1, 0.15) is 16.9 Å². The van der Waals surface area contributed by atoms with Gasteiger partial charge in [0.15, 0.2) is 0 Å². The number of fused-ring (bicyclic) bond motifs is 9. The van der Waals surface area contributed by atoms with E-state index in [2.05, 4.69) is 156 Å². The van der Waals surface area contributed by atoms with Gasteiger partial charge in [-0.3, -0.25) is 0 Å². The summed E-state index contributed by atoms with van der Waals surface area (Å²) in [5.74, 6) is 0.342. The molecule has 0 saturated heterocycles. The van der Waals surface area contributed by atoms with E-state index in [0.717, 1.165) is 71.9 Å². The number of thiophene rings is 1. The van der Waals surface area contributed by atoms with Crippen LogP contribution >= 0.6 is 11.3 Å². The normalized spacial score (nSPS) is 14.2. The monoisotopic (exact) mass is 689 g/mol. The maximum Gasteiger partial charge on any atom is 0.143 e. The zero-order valence-electron chi connectivity index (χ0n) is 30.6. The first-order chi connectivity index (χ1) is 24.2. The second kappa shape index (κ2) is 10.7. The molecule has 0 spiro atoms. The van der Waals surface area contributed by atoms with Gasteiger partial charge in [-0.05, 0) is 72.7 Å². The molecular formula is C45H43N3O2S. The van der Waals surface area contributed by atoms with Gasteiger partial charge < -0.3 is 19.3 Å². The highest BCUT2D eigenvalue weighted by atomic mass is 32.1. The van der Waals surface area contributed by atoms with E-state index in [9.17, 15) is 5.11 Å². The molecular weight excluding hydrogens is 647 g/mol. The molecule has 3 aromatic heterocycles. The third kappa shape index (κ3) is 4.76. The SMILES string of the molecule is CC(C)(C)c1cc(N2CN(C(C)(C)c3cc4c5nc6ccccc6cc5sc4c4c3oc3ccccc34)c3ccccc32)c(O)c(C(C)(C)C)c1. The van der Waals surface area contributed by atoms with Crippen LogP contribution in [0.2, 0.25) is 0 Å². The number of benzene rings is 5. The van der Waals surface area contributed by atoms with E-state index < -0.39 is 5.54 Å². The van der Waals surface area contributed by atoms with Gasteiger partial charge in [0.2, 0.25) is 0 Å². The lowest BCUT2D eigenvalue weighted by molar-refractivity contribution is 0.443. The van der Waals surface area contributed by atoms with E-state index >= 15 is 0 Å². The fourth-order valence-electron chi connectivity index (χ4n) is 7.96. The lowest BCUT2D eigenvalue weighted by Crippen LogP contribution is -2.43. The molecule has 0 unspecified atom stereocenters. The average molecular weight is 690 g/mol. The topological polar surface area (TPSA) is 52.7 Å². The van der Waals surface area contributed by atoms with Crippen molar-refractivity contribution in [3.8, 4) is 5.75 Å². The molecule has 0 amide bonds. The number of hydrogen-bond acceptors (Lipinski definition) is 6.